The lowest BCUT2D eigenvalue weighted by Gasteiger charge is -2.28. The topological polar surface area (TPSA) is 74.7 Å². The smallest absolute Gasteiger partial charge is 0.337 e. The molecule has 1 saturated heterocycles. The molecule has 2 heterocycles. The number of benzene rings is 2. The number of carboxylic acid groups (broad SMARTS) is 1. The Hall–Kier alpha value is -3.38. The predicted molar refractivity (Wildman–Crippen MR) is 108 cm³/mol. The quantitative estimate of drug-likeness (QED) is 0.709. The Morgan fingerprint density at radius 1 is 0.929 bits per heavy atom. The van der Waals surface area contributed by atoms with Crippen LogP contribution in [0.2, 0.25) is 0 Å². The van der Waals surface area contributed by atoms with Gasteiger partial charge < -0.3 is 20.1 Å². The van der Waals surface area contributed by atoms with Gasteiger partial charge in [0.1, 0.15) is 17.3 Å². The molecule has 2 aromatic carbocycles. The third-order valence-corrected chi connectivity index (χ3v) is 4.66. The summed E-state index contributed by atoms with van der Waals surface area (Å²) in [6.45, 7) is 3.48. The molecule has 2 N–H and O–H groups in total. The molecule has 0 amide bonds. The number of carboxylic acids is 1. The van der Waals surface area contributed by atoms with Gasteiger partial charge in [0, 0.05) is 31.7 Å². The van der Waals surface area contributed by atoms with Crippen LogP contribution in [0, 0.1) is 0 Å². The minimum Gasteiger partial charge on any atom is -0.478 e. The molecule has 6 nitrogen and oxygen atoms in total. The van der Waals surface area contributed by atoms with Gasteiger partial charge in [-0.2, -0.15) is 0 Å². The number of ether oxygens (including phenoxy) is 1. The van der Waals surface area contributed by atoms with Crippen LogP contribution in [-0.4, -0.2) is 42.2 Å². The summed E-state index contributed by atoms with van der Waals surface area (Å²) >= 11 is 0. The number of aromatic carboxylic acids is 1. The van der Waals surface area contributed by atoms with Gasteiger partial charge in [0.15, 0.2) is 0 Å². The fourth-order valence-corrected chi connectivity index (χ4v) is 3.22. The number of rotatable bonds is 5. The highest BCUT2D eigenvalue weighted by molar-refractivity contribution is 5.95. The zero-order valence-corrected chi connectivity index (χ0v) is 15.3. The third kappa shape index (κ3) is 3.97. The fraction of sp³-hybridized carbons (Fsp3) is 0.182. The maximum Gasteiger partial charge on any atom is 0.337 e. The Balaban J connectivity index is 1.63. The van der Waals surface area contributed by atoms with Crippen molar-refractivity contribution in [1.29, 1.82) is 0 Å². The maximum absolute atomic E-state index is 11.7. The standard InChI is InChI=1S/C22H21N3O3/c26-22(27)19-10-11-20(25-14-12-23-13-15-25)24-21(19)16-6-8-18(9-7-16)28-17-4-2-1-3-5-17/h1-11,23H,12-15H2,(H,26,27). The third-order valence-electron chi connectivity index (χ3n) is 4.66. The summed E-state index contributed by atoms with van der Waals surface area (Å²) in [5, 5.41) is 12.9. The molecule has 0 atom stereocenters. The van der Waals surface area contributed by atoms with Crippen LogP contribution in [0.4, 0.5) is 5.82 Å². The number of hydrogen-bond acceptors (Lipinski definition) is 5. The Bertz CT molecular complexity index is 953. The lowest BCUT2D eigenvalue weighted by Crippen LogP contribution is -2.43. The molecule has 142 valence electrons. The van der Waals surface area contributed by atoms with E-state index in [0.717, 1.165) is 43.3 Å². The van der Waals surface area contributed by atoms with E-state index in [1.165, 1.54) is 0 Å². The second-order valence-electron chi connectivity index (χ2n) is 6.55. The lowest BCUT2D eigenvalue weighted by molar-refractivity contribution is 0.0697. The van der Waals surface area contributed by atoms with Crippen LogP contribution in [0.15, 0.2) is 66.7 Å². The highest BCUT2D eigenvalue weighted by atomic mass is 16.5. The average Bonchev–Trinajstić information content (AvgIpc) is 2.75. The van der Waals surface area contributed by atoms with Gasteiger partial charge in [-0.15, -0.1) is 0 Å². The normalized spacial score (nSPS) is 13.9. The molecule has 0 spiro atoms. The van der Waals surface area contributed by atoms with E-state index in [1.54, 1.807) is 12.1 Å². The number of carbonyl (C=O) groups is 1. The highest BCUT2D eigenvalue weighted by Crippen LogP contribution is 2.28. The molecule has 1 aliphatic rings. The molecule has 3 aromatic rings. The van der Waals surface area contributed by atoms with Gasteiger partial charge in [-0.25, -0.2) is 9.78 Å². The van der Waals surface area contributed by atoms with E-state index in [1.807, 2.05) is 54.6 Å². The summed E-state index contributed by atoms with van der Waals surface area (Å²) in [4.78, 5) is 18.5. The van der Waals surface area contributed by atoms with Gasteiger partial charge in [-0.3, -0.25) is 0 Å². The van der Waals surface area contributed by atoms with E-state index in [9.17, 15) is 9.90 Å². The van der Waals surface area contributed by atoms with Gasteiger partial charge in [0.2, 0.25) is 0 Å². The molecule has 6 heteroatoms. The van der Waals surface area contributed by atoms with Crippen LogP contribution in [0.1, 0.15) is 10.4 Å². The molecule has 0 unspecified atom stereocenters. The zero-order valence-electron chi connectivity index (χ0n) is 15.3. The Kier molecular flexibility index (Phi) is 5.21. The fourth-order valence-electron chi connectivity index (χ4n) is 3.22. The van der Waals surface area contributed by atoms with Crippen molar-refractivity contribution >= 4 is 11.8 Å². The van der Waals surface area contributed by atoms with Gasteiger partial charge in [-0.1, -0.05) is 18.2 Å². The van der Waals surface area contributed by atoms with Gasteiger partial charge in [0.05, 0.1) is 11.3 Å². The first kappa shape index (κ1) is 18.0. The van der Waals surface area contributed by atoms with Crippen molar-refractivity contribution < 1.29 is 14.6 Å². The largest absolute Gasteiger partial charge is 0.478 e. The van der Waals surface area contributed by atoms with Crippen LogP contribution in [-0.2, 0) is 0 Å². The number of aromatic nitrogens is 1. The lowest BCUT2D eigenvalue weighted by atomic mass is 10.1. The number of pyridine rings is 1. The Morgan fingerprint density at radius 2 is 1.61 bits per heavy atom. The minimum absolute atomic E-state index is 0.190. The van der Waals surface area contributed by atoms with Crippen LogP contribution in [0.5, 0.6) is 11.5 Å². The molecule has 28 heavy (non-hydrogen) atoms. The first-order valence-corrected chi connectivity index (χ1v) is 9.24. The Morgan fingerprint density at radius 3 is 2.29 bits per heavy atom. The number of nitrogens with one attached hydrogen (secondary N) is 1. The first-order chi connectivity index (χ1) is 13.7. The number of para-hydroxylation sites is 1. The number of piperazine rings is 1. The highest BCUT2D eigenvalue weighted by Gasteiger charge is 2.18. The van der Waals surface area contributed by atoms with Crippen LogP contribution in [0.25, 0.3) is 11.3 Å². The van der Waals surface area contributed by atoms with Crippen molar-refractivity contribution in [2.75, 3.05) is 31.1 Å². The minimum atomic E-state index is -0.987. The summed E-state index contributed by atoms with van der Waals surface area (Å²) in [6, 6.07) is 20.3. The number of hydrogen-bond donors (Lipinski definition) is 2. The summed E-state index contributed by atoms with van der Waals surface area (Å²) in [5.74, 6) is 1.25. The monoisotopic (exact) mass is 375 g/mol. The number of nitrogens with zero attached hydrogens (tertiary/aromatic N) is 2. The molecular formula is C22H21N3O3. The van der Waals surface area contributed by atoms with Crippen molar-refractivity contribution in [3.8, 4) is 22.8 Å². The van der Waals surface area contributed by atoms with Crippen LogP contribution in [0.3, 0.4) is 0 Å². The molecule has 1 aromatic heterocycles. The van der Waals surface area contributed by atoms with Crippen molar-refractivity contribution in [1.82, 2.24) is 10.3 Å². The van der Waals surface area contributed by atoms with Crippen molar-refractivity contribution in [2.24, 2.45) is 0 Å². The van der Waals surface area contributed by atoms with Gasteiger partial charge in [0.25, 0.3) is 0 Å². The van der Waals surface area contributed by atoms with Gasteiger partial charge in [-0.05, 0) is 48.5 Å². The van der Waals surface area contributed by atoms with Crippen LogP contribution < -0.4 is 15.0 Å². The first-order valence-electron chi connectivity index (χ1n) is 9.24. The van der Waals surface area contributed by atoms with E-state index in [0.29, 0.717) is 11.4 Å². The second-order valence-corrected chi connectivity index (χ2v) is 6.55. The molecule has 0 saturated carbocycles. The van der Waals surface area contributed by atoms with E-state index < -0.39 is 5.97 Å². The van der Waals surface area contributed by atoms with Crippen LogP contribution >= 0.6 is 0 Å². The predicted octanol–water partition coefficient (Wildman–Crippen LogP) is 3.65. The maximum atomic E-state index is 11.7. The summed E-state index contributed by atoms with van der Waals surface area (Å²) in [7, 11) is 0. The molecule has 0 aliphatic carbocycles. The summed E-state index contributed by atoms with van der Waals surface area (Å²) in [5.41, 5.74) is 1.40. The Labute approximate surface area is 163 Å². The molecule has 0 radical (unpaired) electrons. The zero-order chi connectivity index (χ0) is 19.3. The van der Waals surface area contributed by atoms with E-state index in [4.69, 9.17) is 4.74 Å². The van der Waals surface area contributed by atoms with Gasteiger partial charge >= 0.3 is 5.97 Å². The van der Waals surface area contributed by atoms with E-state index in [-0.39, 0.29) is 5.56 Å². The van der Waals surface area contributed by atoms with Crippen molar-refractivity contribution in [3.63, 3.8) is 0 Å². The molecule has 0 bridgehead atoms. The molecular weight excluding hydrogens is 354 g/mol. The molecule has 1 aliphatic heterocycles. The summed E-state index contributed by atoms with van der Waals surface area (Å²) < 4.78 is 5.81. The second kappa shape index (κ2) is 8.10. The van der Waals surface area contributed by atoms with E-state index >= 15 is 0 Å². The summed E-state index contributed by atoms with van der Waals surface area (Å²) in [6.07, 6.45) is 0. The van der Waals surface area contributed by atoms with E-state index in [2.05, 4.69) is 15.2 Å². The van der Waals surface area contributed by atoms with Crippen molar-refractivity contribution in [2.45, 2.75) is 0 Å². The SMILES string of the molecule is O=C(O)c1ccc(N2CCNCC2)nc1-c1ccc(Oc2ccccc2)cc1. The molecule has 4 rings (SSSR count). The number of anilines is 1. The molecule has 1 fully saturated rings. The average molecular weight is 375 g/mol. The van der Waals surface area contributed by atoms with Crippen molar-refractivity contribution in [3.05, 3.63) is 72.3 Å².